The van der Waals surface area contributed by atoms with Crippen LogP contribution in [0.2, 0.25) is 0 Å². The van der Waals surface area contributed by atoms with Gasteiger partial charge in [-0.1, -0.05) is 17.4 Å². The molecule has 0 atom stereocenters. The quantitative estimate of drug-likeness (QED) is 0.490. The van der Waals surface area contributed by atoms with Gasteiger partial charge in [-0.3, -0.25) is 4.79 Å². The molecule has 0 saturated carbocycles. The third-order valence-corrected chi connectivity index (χ3v) is 6.41. The van der Waals surface area contributed by atoms with Crippen LogP contribution < -0.4 is 10.1 Å². The number of carbonyl (C=O) groups is 1. The lowest BCUT2D eigenvalue weighted by Gasteiger charge is -2.00. The van der Waals surface area contributed by atoms with Crippen molar-refractivity contribution in [3.63, 3.8) is 0 Å². The van der Waals surface area contributed by atoms with Crippen molar-refractivity contribution in [1.29, 1.82) is 0 Å². The van der Waals surface area contributed by atoms with Crippen molar-refractivity contribution in [2.24, 2.45) is 0 Å². The van der Waals surface area contributed by atoms with Gasteiger partial charge in [-0.25, -0.2) is 9.97 Å². The summed E-state index contributed by atoms with van der Waals surface area (Å²) in [6, 6.07) is 9.77. The van der Waals surface area contributed by atoms with Gasteiger partial charge in [0.1, 0.15) is 10.8 Å². The largest absolute Gasteiger partial charge is 0.494 e. The zero-order valence-corrected chi connectivity index (χ0v) is 16.3. The summed E-state index contributed by atoms with van der Waals surface area (Å²) in [4.78, 5) is 22.4. The number of aromatic nitrogens is 2. The number of anilines is 1. The number of carbonyl (C=O) groups excluding carboxylic acids is 1. The highest BCUT2D eigenvalue weighted by Crippen LogP contribution is 2.30. The predicted octanol–water partition coefficient (Wildman–Crippen LogP) is 5.06. The van der Waals surface area contributed by atoms with Crippen LogP contribution in [0.5, 0.6) is 5.75 Å². The first kappa shape index (κ1) is 17.1. The Bertz CT molecular complexity index is 1040. The van der Waals surface area contributed by atoms with Crippen molar-refractivity contribution in [2.75, 3.05) is 11.9 Å². The summed E-state index contributed by atoms with van der Waals surface area (Å²) in [6.45, 7) is 2.57. The molecule has 0 radical (unpaired) electrons. The molecule has 3 aromatic heterocycles. The molecule has 4 rings (SSSR count). The fourth-order valence-corrected chi connectivity index (χ4v) is 4.99. The molecule has 0 spiro atoms. The molecular formula is C18H15N3O2S3. The lowest BCUT2D eigenvalue weighted by atomic mass is 10.3. The Morgan fingerprint density at radius 3 is 2.96 bits per heavy atom. The minimum absolute atomic E-state index is 0.114. The lowest BCUT2D eigenvalue weighted by Crippen LogP contribution is -2.14. The van der Waals surface area contributed by atoms with Gasteiger partial charge in [0.15, 0.2) is 5.13 Å². The van der Waals surface area contributed by atoms with Crippen LogP contribution in [0, 0.1) is 0 Å². The van der Waals surface area contributed by atoms with E-state index in [0.29, 0.717) is 11.7 Å². The highest BCUT2D eigenvalue weighted by Gasteiger charge is 2.12. The van der Waals surface area contributed by atoms with Crippen LogP contribution in [0.4, 0.5) is 5.13 Å². The summed E-state index contributed by atoms with van der Waals surface area (Å²) in [6.07, 6.45) is 0.238. The smallest absolute Gasteiger partial charge is 0.232 e. The summed E-state index contributed by atoms with van der Waals surface area (Å²) in [5, 5.41) is 8.36. The van der Waals surface area contributed by atoms with Crippen molar-refractivity contribution >= 4 is 55.3 Å². The third-order valence-electron chi connectivity index (χ3n) is 3.54. The Hall–Kier alpha value is -2.29. The van der Waals surface area contributed by atoms with Gasteiger partial charge in [0.2, 0.25) is 5.91 Å². The molecule has 0 aliphatic rings. The molecule has 4 aromatic rings. The van der Waals surface area contributed by atoms with Crippen LogP contribution in [0.15, 0.2) is 41.1 Å². The van der Waals surface area contributed by atoms with E-state index in [1.54, 1.807) is 22.7 Å². The Kier molecular flexibility index (Phi) is 4.96. The van der Waals surface area contributed by atoms with E-state index in [0.717, 1.165) is 31.5 Å². The fourth-order valence-electron chi connectivity index (χ4n) is 2.44. The zero-order chi connectivity index (χ0) is 17.9. The highest BCUT2D eigenvalue weighted by atomic mass is 32.1. The van der Waals surface area contributed by atoms with E-state index in [-0.39, 0.29) is 12.3 Å². The molecule has 0 saturated heterocycles. The lowest BCUT2D eigenvalue weighted by molar-refractivity contribution is -0.115. The van der Waals surface area contributed by atoms with Gasteiger partial charge in [-0.05, 0) is 36.6 Å². The molecular weight excluding hydrogens is 386 g/mol. The van der Waals surface area contributed by atoms with E-state index >= 15 is 0 Å². The second-order valence-corrected chi connectivity index (χ2v) is 8.26. The molecule has 0 fully saturated rings. The maximum Gasteiger partial charge on any atom is 0.232 e. The number of benzene rings is 1. The van der Waals surface area contributed by atoms with Crippen LogP contribution >= 0.6 is 34.0 Å². The van der Waals surface area contributed by atoms with Crippen molar-refractivity contribution < 1.29 is 9.53 Å². The first-order valence-electron chi connectivity index (χ1n) is 8.03. The van der Waals surface area contributed by atoms with E-state index in [1.165, 1.54) is 11.3 Å². The van der Waals surface area contributed by atoms with Crippen molar-refractivity contribution in [3.8, 4) is 15.6 Å². The average Bonchev–Trinajstić information content (AvgIpc) is 3.34. The van der Waals surface area contributed by atoms with Gasteiger partial charge in [0.05, 0.1) is 33.8 Å². The Morgan fingerprint density at radius 1 is 1.23 bits per heavy atom. The minimum atomic E-state index is -0.114. The molecule has 132 valence electrons. The van der Waals surface area contributed by atoms with Gasteiger partial charge in [0.25, 0.3) is 0 Å². The Balaban J connectivity index is 1.44. The summed E-state index contributed by atoms with van der Waals surface area (Å²) in [5.74, 6) is 0.697. The molecule has 26 heavy (non-hydrogen) atoms. The van der Waals surface area contributed by atoms with E-state index < -0.39 is 0 Å². The molecule has 0 bridgehead atoms. The summed E-state index contributed by atoms with van der Waals surface area (Å²) < 4.78 is 6.49. The van der Waals surface area contributed by atoms with Crippen LogP contribution in [-0.2, 0) is 11.2 Å². The fraction of sp³-hybridized carbons (Fsp3) is 0.167. The van der Waals surface area contributed by atoms with Crippen LogP contribution in [0.25, 0.3) is 20.1 Å². The number of fused-ring (bicyclic) bond motifs is 1. The molecule has 0 unspecified atom stereocenters. The van der Waals surface area contributed by atoms with Crippen LogP contribution in [-0.4, -0.2) is 22.5 Å². The number of amides is 1. The van der Waals surface area contributed by atoms with Crippen LogP contribution in [0.1, 0.15) is 12.6 Å². The highest BCUT2D eigenvalue weighted by molar-refractivity contribution is 7.22. The zero-order valence-electron chi connectivity index (χ0n) is 13.9. The summed E-state index contributed by atoms with van der Waals surface area (Å²) in [5.41, 5.74) is 1.62. The van der Waals surface area contributed by atoms with Crippen LogP contribution in [0.3, 0.4) is 0 Å². The molecule has 0 aliphatic heterocycles. The maximum absolute atomic E-state index is 12.3. The molecule has 1 aromatic carbocycles. The monoisotopic (exact) mass is 401 g/mol. The topological polar surface area (TPSA) is 64.1 Å². The predicted molar refractivity (Wildman–Crippen MR) is 109 cm³/mol. The standard InChI is InChI=1S/C18H15N3O2S3/c1-2-23-12-5-6-13-15(9-12)26-18(20-13)21-16(22)8-11-10-25-17(19-11)14-4-3-7-24-14/h3-7,9-10H,2,8H2,1H3,(H,20,21,22). The number of rotatable bonds is 6. The average molecular weight is 402 g/mol. The Morgan fingerprint density at radius 2 is 2.15 bits per heavy atom. The van der Waals surface area contributed by atoms with E-state index in [2.05, 4.69) is 15.3 Å². The number of hydrogen-bond acceptors (Lipinski definition) is 7. The van der Waals surface area contributed by atoms with Gasteiger partial charge in [-0.2, -0.15) is 0 Å². The number of nitrogens with zero attached hydrogens (tertiary/aromatic N) is 2. The third kappa shape index (κ3) is 3.77. The number of nitrogens with one attached hydrogen (secondary N) is 1. The molecule has 8 heteroatoms. The van der Waals surface area contributed by atoms with Crippen molar-refractivity contribution in [2.45, 2.75) is 13.3 Å². The van der Waals surface area contributed by atoms with E-state index in [1.807, 2.05) is 48.0 Å². The molecule has 1 N–H and O–H groups in total. The summed E-state index contributed by atoms with van der Waals surface area (Å²) >= 11 is 4.64. The first-order valence-corrected chi connectivity index (χ1v) is 10.6. The van der Waals surface area contributed by atoms with Gasteiger partial charge >= 0.3 is 0 Å². The van der Waals surface area contributed by atoms with Gasteiger partial charge < -0.3 is 10.1 Å². The number of hydrogen-bond donors (Lipinski definition) is 1. The second-order valence-electron chi connectivity index (χ2n) is 5.43. The molecule has 0 aliphatic carbocycles. The SMILES string of the molecule is CCOc1ccc2nc(NC(=O)Cc3csc(-c4cccs4)n3)sc2c1. The molecule has 1 amide bonds. The normalized spacial score (nSPS) is 11.0. The maximum atomic E-state index is 12.3. The molecule has 5 nitrogen and oxygen atoms in total. The van der Waals surface area contributed by atoms with Gasteiger partial charge in [-0.15, -0.1) is 22.7 Å². The van der Waals surface area contributed by atoms with E-state index in [4.69, 9.17) is 4.74 Å². The first-order chi connectivity index (χ1) is 12.7. The van der Waals surface area contributed by atoms with Crippen molar-refractivity contribution in [1.82, 2.24) is 9.97 Å². The number of thiazole rings is 2. The molecule has 3 heterocycles. The Labute approximate surface area is 162 Å². The number of thiophene rings is 1. The number of ether oxygens (including phenoxy) is 1. The summed E-state index contributed by atoms with van der Waals surface area (Å²) in [7, 11) is 0. The van der Waals surface area contributed by atoms with Crippen molar-refractivity contribution in [3.05, 3.63) is 46.8 Å². The van der Waals surface area contributed by atoms with Gasteiger partial charge in [0, 0.05) is 5.38 Å². The second kappa shape index (κ2) is 7.53. The van der Waals surface area contributed by atoms with E-state index in [9.17, 15) is 4.79 Å². The minimum Gasteiger partial charge on any atom is -0.494 e.